The van der Waals surface area contributed by atoms with Crippen LogP contribution in [0.4, 0.5) is 4.79 Å². The molecule has 4 rings (SSSR count). The van der Waals surface area contributed by atoms with Gasteiger partial charge in [0.05, 0.1) is 6.42 Å². The Balaban J connectivity index is 1.49. The second-order valence-electron chi connectivity index (χ2n) is 7.50. The Bertz CT molecular complexity index is 1050. The van der Waals surface area contributed by atoms with Crippen molar-refractivity contribution in [1.82, 2.24) is 4.90 Å². The summed E-state index contributed by atoms with van der Waals surface area (Å²) in [7, 11) is 0. The zero-order valence-electron chi connectivity index (χ0n) is 16.8. The Morgan fingerprint density at radius 1 is 0.903 bits per heavy atom. The maximum Gasteiger partial charge on any atom is 0.410 e. The van der Waals surface area contributed by atoms with E-state index in [4.69, 9.17) is 21.4 Å². The van der Waals surface area contributed by atoms with Gasteiger partial charge in [-0.25, -0.2) is 4.79 Å². The molecule has 0 radical (unpaired) electrons. The van der Waals surface area contributed by atoms with E-state index in [-0.39, 0.29) is 32.0 Å². The van der Waals surface area contributed by atoms with Gasteiger partial charge in [-0.15, -0.1) is 0 Å². The van der Waals surface area contributed by atoms with Crippen LogP contribution in [0.3, 0.4) is 0 Å². The average molecular weight is 436 g/mol. The highest BCUT2D eigenvalue weighted by Gasteiger charge is 2.29. The van der Waals surface area contributed by atoms with Crippen molar-refractivity contribution in [2.24, 2.45) is 0 Å². The largest absolute Gasteiger partial charge is 0.481 e. The van der Waals surface area contributed by atoms with Crippen molar-refractivity contribution in [3.63, 3.8) is 0 Å². The van der Waals surface area contributed by atoms with Gasteiger partial charge in [0, 0.05) is 24.0 Å². The van der Waals surface area contributed by atoms with Crippen LogP contribution in [-0.4, -0.2) is 35.2 Å². The van der Waals surface area contributed by atoms with Crippen LogP contribution in [0.2, 0.25) is 5.02 Å². The number of ether oxygens (including phenoxy) is 1. The normalized spacial score (nSPS) is 12.2. The molecular formula is C25H22ClNO4. The van der Waals surface area contributed by atoms with Crippen LogP contribution in [0.1, 0.15) is 29.0 Å². The van der Waals surface area contributed by atoms with Crippen LogP contribution < -0.4 is 0 Å². The van der Waals surface area contributed by atoms with Gasteiger partial charge in [-0.3, -0.25) is 4.79 Å². The number of hydrogen-bond donors (Lipinski definition) is 1. The molecule has 0 atom stereocenters. The van der Waals surface area contributed by atoms with Gasteiger partial charge in [-0.2, -0.15) is 0 Å². The second-order valence-corrected chi connectivity index (χ2v) is 7.93. The number of nitrogens with zero attached hydrogens (tertiary/aromatic N) is 1. The number of carbonyl (C=O) groups is 2. The number of carboxylic acids is 1. The quantitative estimate of drug-likeness (QED) is 0.527. The highest BCUT2D eigenvalue weighted by Crippen LogP contribution is 2.44. The number of rotatable bonds is 7. The van der Waals surface area contributed by atoms with Crippen molar-refractivity contribution in [2.75, 3.05) is 13.2 Å². The van der Waals surface area contributed by atoms with Crippen molar-refractivity contribution in [1.29, 1.82) is 0 Å². The molecule has 0 saturated heterocycles. The Hall–Kier alpha value is -3.31. The van der Waals surface area contributed by atoms with Gasteiger partial charge in [-0.05, 0) is 39.9 Å². The first-order chi connectivity index (χ1) is 15.0. The third-order valence-corrected chi connectivity index (χ3v) is 5.73. The van der Waals surface area contributed by atoms with E-state index in [2.05, 4.69) is 24.3 Å². The number of fused-ring (bicyclic) bond motifs is 3. The molecule has 0 heterocycles. The lowest BCUT2D eigenvalue weighted by Crippen LogP contribution is -2.34. The molecule has 0 unspecified atom stereocenters. The summed E-state index contributed by atoms with van der Waals surface area (Å²) >= 11 is 5.94. The second kappa shape index (κ2) is 9.23. The van der Waals surface area contributed by atoms with Crippen LogP contribution in [-0.2, 0) is 16.1 Å². The fourth-order valence-corrected chi connectivity index (χ4v) is 4.09. The zero-order chi connectivity index (χ0) is 21.8. The van der Waals surface area contributed by atoms with E-state index in [1.54, 1.807) is 12.1 Å². The molecule has 1 aliphatic rings. The lowest BCUT2D eigenvalue weighted by atomic mass is 9.98. The molecule has 3 aromatic carbocycles. The van der Waals surface area contributed by atoms with Crippen LogP contribution in [0.15, 0.2) is 72.8 Å². The van der Waals surface area contributed by atoms with Gasteiger partial charge in [0.25, 0.3) is 0 Å². The monoisotopic (exact) mass is 435 g/mol. The van der Waals surface area contributed by atoms with Crippen LogP contribution >= 0.6 is 11.6 Å². The summed E-state index contributed by atoms with van der Waals surface area (Å²) < 4.78 is 5.70. The maximum absolute atomic E-state index is 12.9. The van der Waals surface area contributed by atoms with E-state index in [1.165, 1.54) is 4.90 Å². The minimum atomic E-state index is -0.965. The van der Waals surface area contributed by atoms with Gasteiger partial charge >= 0.3 is 12.1 Å². The number of aliphatic carboxylic acids is 1. The van der Waals surface area contributed by atoms with E-state index in [0.717, 1.165) is 27.8 Å². The van der Waals surface area contributed by atoms with E-state index < -0.39 is 12.1 Å². The molecule has 6 heteroatoms. The predicted octanol–water partition coefficient (Wildman–Crippen LogP) is 5.57. The van der Waals surface area contributed by atoms with Crippen LogP contribution in [0, 0.1) is 0 Å². The average Bonchev–Trinajstić information content (AvgIpc) is 3.10. The van der Waals surface area contributed by atoms with Gasteiger partial charge in [-0.1, -0.05) is 72.3 Å². The van der Waals surface area contributed by atoms with Crippen LogP contribution in [0.5, 0.6) is 0 Å². The first-order valence-electron chi connectivity index (χ1n) is 10.1. The summed E-state index contributed by atoms with van der Waals surface area (Å²) in [5, 5.41) is 9.67. The first-order valence-corrected chi connectivity index (χ1v) is 10.5. The maximum atomic E-state index is 12.9. The molecule has 1 N–H and O–H groups in total. The minimum absolute atomic E-state index is 0.0480. The number of amides is 1. The molecule has 5 nitrogen and oxygen atoms in total. The van der Waals surface area contributed by atoms with Gasteiger partial charge in [0.1, 0.15) is 6.61 Å². The molecule has 1 amide bonds. The molecule has 0 aromatic heterocycles. The van der Waals surface area contributed by atoms with Gasteiger partial charge in [0.2, 0.25) is 0 Å². The molecule has 0 bridgehead atoms. The third-order valence-electron chi connectivity index (χ3n) is 5.48. The molecule has 0 aliphatic heterocycles. The van der Waals surface area contributed by atoms with Crippen LogP contribution in [0.25, 0.3) is 11.1 Å². The molecule has 0 saturated carbocycles. The highest BCUT2D eigenvalue weighted by molar-refractivity contribution is 6.30. The molecule has 158 valence electrons. The molecular weight excluding hydrogens is 414 g/mol. The lowest BCUT2D eigenvalue weighted by molar-refractivity contribution is -0.137. The van der Waals surface area contributed by atoms with Crippen molar-refractivity contribution in [3.05, 3.63) is 94.5 Å². The third kappa shape index (κ3) is 4.72. The van der Waals surface area contributed by atoms with E-state index in [9.17, 15) is 9.59 Å². The fraction of sp³-hybridized carbons (Fsp3) is 0.200. The lowest BCUT2D eigenvalue weighted by Gasteiger charge is -2.23. The summed E-state index contributed by atoms with van der Waals surface area (Å²) in [6, 6.07) is 23.4. The Morgan fingerprint density at radius 2 is 1.48 bits per heavy atom. The fourth-order valence-electron chi connectivity index (χ4n) is 3.96. The summed E-state index contributed by atoms with van der Waals surface area (Å²) in [5.41, 5.74) is 5.42. The molecule has 0 spiro atoms. The smallest absolute Gasteiger partial charge is 0.410 e. The Labute approximate surface area is 185 Å². The van der Waals surface area contributed by atoms with Gasteiger partial charge < -0.3 is 14.7 Å². The predicted molar refractivity (Wildman–Crippen MR) is 119 cm³/mol. The van der Waals surface area contributed by atoms with E-state index >= 15 is 0 Å². The van der Waals surface area contributed by atoms with Gasteiger partial charge in [0.15, 0.2) is 0 Å². The van der Waals surface area contributed by atoms with Crippen molar-refractivity contribution >= 4 is 23.7 Å². The summed E-state index contributed by atoms with van der Waals surface area (Å²) in [6.07, 6.45) is -0.685. The number of carbonyl (C=O) groups excluding carboxylic acids is 1. The van der Waals surface area contributed by atoms with Crippen molar-refractivity contribution in [2.45, 2.75) is 18.9 Å². The topological polar surface area (TPSA) is 66.8 Å². The number of benzene rings is 3. The highest BCUT2D eigenvalue weighted by atomic mass is 35.5. The Kier molecular flexibility index (Phi) is 6.23. The Morgan fingerprint density at radius 3 is 2.06 bits per heavy atom. The van der Waals surface area contributed by atoms with Crippen molar-refractivity contribution in [3.8, 4) is 11.1 Å². The molecule has 1 aliphatic carbocycles. The molecule has 3 aromatic rings. The SMILES string of the molecule is O=C(O)CCN(Cc1ccc(Cl)cc1)C(=O)OCC1c2ccccc2-c2ccccc21. The number of hydrogen-bond acceptors (Lipinski definition) is 3. The van der Waals surface area contributed by atoms with E-state index in [0.29, 0.717) is 5.02 Å². The van der Waals surface area contributed by atoms with E-state index in [1.807, 2.05) is 36.4 Å². The minimum Gasteiger partial charge on any atom is -0.481 e. The summed E-state index contributed by atoms with van der Waals surface area (Å²) in [6.45, 7) is 0.507. The molecule has 31 heavy (non-hydrogen) atoms. The zero-order valence-corrected chi connectivity index (χ0v) is 17.6. The number of halogens is 1. The standard InChI is InChI=1S/C25H22ClNO4/c26-18-11-9-17(10-12-18)15-27(14-13-24(28)29)25(30)31-16-23-21-7-3-1-5-19(21)20-6-2-4-8-22(20)23/h1-12,23H,13-16H2,(H,28,29). The molecule has 0 fully saturated rings. The summed E-state index contributed by atoms with van der Waals surface area (Å²) in [4.78, 5) is 25.4. The number of carboxylic acid groups (broad SMARTS) is 1. The summed E-state index contributed by atoms with van der Waals surface area (Å²) in [5.74, 6) is -1.01. The van der Waals surface area contributed by atoms with Crippen molar-refractivity contribution < 1.29 is 19.4 Å². The first kappa shape index (κ1) is 20.9.